The number of methoxy groups -OCH3 is 1. The molecule has 1 amide bonds. The van der Waals surface area contributed by atoms with Gasteiger partial charge in [-0.2, -0.15) is 0 Å². The molecule has 140 valence electrons. The molecule has 0 fully saturated rings. The van der Waals surface area contributed by atoms with Crippen LogP contribution in [0.15, 0.2) is 65.7 Å². The molecule has 0 spiro atoms. The first-order chi connectivity index (χ1) is 13.7. The van der Waals surface area contributed by atoms with Crippen molar-refractivity contribution in [3.8, 4) is 27.6 Å². The Morgan fingerprint density at radius 3 is 2.86 bits per heavy atom. The number of nitrogens with zero attached hydrogens (tertiary/aromatic N) is 2. The van der Waals surface area contributed by atoms with Crippen LogP contribution in [0.5, 0.6) is 5.88 Å². The number of pyridine rings is 2. The summed E-state index contributed by atoms with van der Waals surface area (Å²) in [5, 5.41) is 2.92. The summed E-state index contributed by atoms with van der Waals surface area (Å²) in [5.74, 6) is 1.05. The van der Waals surface area contributed by atoms with Crippen molar-refractivity contribution in [2.24, 2.45) is 0 Å². The van der Waals surface area contributed by atoms with Crippen LogP contribution in [0.25, 0.3) is 21.8 Å². The fourth-order valence-corrected chi connectivity index (χ4v) is 3.68. The van der Waals surface area contributed by atoms with E-state index in [0.29, 0.717) is 10.8 Å². The molecular weight excluding hydrogens is 374 g/mol. The number of thiophene rings is 1. The SMILES string of the molecule is COc1ncc(-c2ccco2)cc1-c1ccc(C(=O)Nc2ccncc2C)s1. The minimum absolute atomic E-state index is 0.167. The van der Waals surface area contributed by atoms with Gasteiger partial charge in [-0.25, -0.2) is 4.98 Å². The van der Waals surface area contributed by atoms with Gasteiger partial charge in [0.1, 0.15) is 5.76 Å². The third kappa shape index (κ3) is 3.52. The normalized spacial score (nSPS) is 10.6. The first kappa shape index (κ1) is 17.9. The molecule has 0 aliphatic heterocycles. The highest BCUT2D eigenvalue weighted by molar-refractivity contribution is 7.17. The van der Waals surface area contributed by atoms with E-state index < -0.39 is 0 Å². The summed E-state index contributed by atoms with van der Waals surface area (Å²) in [4.78, 5) is 22.5. The van der Waals surface area contributed by atoms with Crippen LogP contribution in [0.3, 0.4) is 0 Å². The zero-order valence-electron chi connectivity index (χ0n) is 15.3. The number of nitrogens with one attached hydrogen (secondary N) is 1. The summed E-state index contributed by atoms with van der Waals surface area (Å²) in [5.41, 5.74) is 3.30. The van der Waals surface area contributed by atoms with Crippen LogP contribution in [-0.4, -0.2) is 23.0 Å². The van der Waals surface area contributed by atoms with Crippen LogP contribution in [-0.2, 0) is 0 Å². The van der Waals surface area contributed by atoms with Gasteiger partial charge in [-0.15, -0.1) is 11.3 Å². The molecule has 1 N–H and O–H groups in total. The predicted molar refractivity (Wildman–Crippen MR) is 109 cm³/mol. The summed E-state index contributed by atoms with van der Waals surface area (Å²) < 4.78 is 10.9. The average Bonchev–Trinajstić information content (AvgIpc) is 3.41. The second-order valence-corrected chi connectivity index (χ2v) is 7.15. The van der Waals surface area contributed by atoms with Crippen molar-refractivity contribution in [3.63, 3.8) is 0 Å². The number of carbonyl (C=O) groups excluding carboxylic acids is 1. The number of rotatable bonds is 5. The van der Waals surface area contributed by atoms with E-state index in [1.54, 1.807) is 44.1 Å². The standard InChI is InChI=1S/C21H17N3O3S/c1-13-11-22-8-7-16(13)24-20(25)19-6-5-18(28-19)15-10-14(12-23-21(15)26-2)17-4-3-9-27-17/h3-12H,1-2H3,(H,22,24,25). The van der Waals surface area contributed by atoms with Crippen LogP contribution in [0.1, 0.15) is 15.2 Å². The minimum Gasteiger partial charge on any atom is -0.481 e. The van der Waals surface area contributed by atoms with E-state index >= 15 is 0 Å². The van der Waals surface area contributed by atoms with Crippen molar-refractivity contribution in [2.45, 2.75) is 6.92 Å². The maximum atomic E-state index is 12.6. The topological polar surface area (TPSA) is 77.2 Å². The molecule has 28 heavy (non-hydrogen) atoms. The lowest BCUT2D eigenvalue weighted by atomic mass is 10.1. The Balaban J connectivity index is 1.64. The summed E-state index contributed by atoms with van der Waals surface area (Å²) in [6.45, 7) is 1.90. The van der Waals surface area contributed by atoms with Gasteiger partial charge in [0.2, 0.25) is 5.88 Å². The van der Waals surface area contributed by atoms with E-state index in [9.17, 15) is 4.79 Å². The van der Waals surface area contributed by atoms with Gasteiger partial charge in [-0.3, -0.25) is 9.78 Å². The monoisotopic (exact) mass is 391 g/mol. The average molecular weight is 391 g/mol. The van der Waals surface area contributed by atoms with E-state index in [2.05, 4.69) is 15.3 Å². The lowest BCUT2D eigenvalue weighted by Gasteiger charge is -2.08. The molecule has 0 unspecified atom stereocenters. The Bertz CT molecular complexity index is 1120. The minimum atomic E-state index is -0.167. The van der Waals surface area contributed by atoms with E-state index in [1.165, 1.54) is 11.3 Å². The molecule has 4 heterocycles. The van der Waals surface area contributed by atoms with E-state index in [4.69, 9.17) is 9.15 Å². The fraction of sp³-hybridized carbons (Fsp3) is 0.0952. The van der Waals surface area contributed by atoms with Crippen molar-refractivity contribution in [3.05, 3.63) is 71.7 Å². The van der Waals surface area contributed by atoms with Gasteiger partial charge in [-0.1, -0.05) is 0 Å². The number of anilines is 1. The molecule has 0 saturated heterocycles. The lowest BCUT2D eigenvalue weighted by Crippen LogP contribution is -2.11. The zero-order valence-corrected chi connectivity index (χ0v) is 16.1. The molecule has 7 heteroatoms. The Morgan fingerprint density at radius 1 is 1.21 bits per heavy atom. The molecule has 6 nitrogen and oxygen atoms in total. The molecule has 4 aromatic heterocycles. The largest absolute Gasteiger partial charge is 0.481 e. The van der Waals surface area contributed by atoms with Crippen molar-refractivity contribution in [2.75, 3.05) is 12.4 Å². The van der Waals surface area contributed by atoms with Crippen molar-refractivity contribution in [1.29, 1.82) is 0 Å². The van der Waals surface area contributed by atoms with Gasteiger partial charge in [0.15, 0.2) is 0 Å². The number of furan rings is 1. The Morgan fingerprint density at radius 2 is 2.11 bits per heavy atom. The molecule has 0 saturated carbocycles. The number of hydrogen-bond donors (Lipinski definition) is 1. The third-order valence-electron chi connectivity index (χ3n) is 4.21. The maximum Gasteiger partial charge on any atom is 0.265 e. The van der Waals surface area contributed by atoms with Crippen LogP contribution in [0, 0.1) is 6.92 Å². The molecule has 4 aromatic rings. The van der Waals surface area contributed by atoms with E-state index in [-0.39, 0.29) is 5.91 Å². The molecular formula is C21H17N3O3S. The number of carbonyl (C=O) groups is 1. The van der Waals surface area contributed by atoms with E-state index in [1.807, 2.05) is 31.2 Å². The Kier molecular flexibility index (Phi) is 4.90. The number of ether oxygens (including phenoxy) is 1. The maximum absolute atomic E-state index is 12.6. The van der Waals surface area contributed by atoms with Crippen LogP contribution < -0.4 is 10.1 Å². The summed E-state index contributed by atoms with van der Waals surface area (Å²) >= 11 is 1.38. The lowest BCUT2D eigenvalue weighted by molar-refractivity contribution is 0.103. The first-order valence-electron chi connectivity index (χ1n) is 8.56. The number of amides is 1. The third-order valence-corrected chi connectivity index (χ3v) is 5.33. The van der Waals surface area contributed by atoms with Gasteiger partial charge in [-0.05, 0) is 48.9 Å². The molecule has 0 aliphatic carbocycles. The Hall–Kier alpha value is -3.45. The Labute approximate surface area is 165 Å². The fourth-order valence-electron chi connectivity index (χ4n) is 2.77. The summed E-state index contributed by atoms with van der Waals surface area (Å²) in [6.07, 6.45) is 6.69. The van der Waals surface area contributed by atoms with Gasteiger partial charge in [0.25, 0.3) is 5.91 Å². The molecule has 4 rings (SSSR count). The van der Waals surface area contributed by atoms with Crippen molar-refractivity contribution < 1.29 is 13.9 Å². The molecule has 0 bridgehead atoms. The number of aryl methyl sites for hydroxylation is 1. The highest BCUT2D eigenvalue weighted by atomic mass is 32.1. The van der Waals surface area contributed by atoms with Gasteiger partial charge >= 0.3 is 0 Å². The van der Waals surface area contributed by atoms with E-state index in [0.717, 1.165) is 33.0 Å². The molecule has 0 aromatic carbocycles. The molecule has 0 aliphatic rings. The predicted octanol–water partition coefficient (Wildman–Crippen LogP) is 5.03. The second kappa shape index (κ2) is 7.66. The van der Waals surface area contributed by atoms with Crippen molar-refractivity contribution in [1.82, 2.24) is 9.97 Å². The van der Waals surface area contributed by atoms with Crippen LogP contribution >= 0.6 is 11.3 Å². The van der Waals surface area contributed by atoms with Crippen molar-refractivity contribution >= 4 is 22.9 Å². The molecule has 0 atom stereocenters. The van der Waals surface area contributed by atoms with Gasteiger partial charge in [0.05, 0.1) is 23.8 Å². The summed E-state index contributed by atoms with van der Waals surface area (Å²) in [6, 6.07) is 11.1. The highest BCUT2D eigenvalue weighted by Gasteiger charge is 2.16. The van der Waals surface area contributed by atoms with Gasteiger partial charge < -0.3 is 14.5 Å². The second-order valence-electron chi connectivity index (χ2n) is 6.07. The van der Waals surface area contributed by atoms with Crippen LogP contribution in [0.2, 0.25) is 0 Å². The number of aromatic nitrogens is 2. The highest BCUT2D eigenvalue weighted by Crippen LogP contribution is 2.36. The van der Waals surface area contributed by atoms with Gasteiger partial charge in [0, 0.05) is 34.7 Å². The quantitative estimate of drug-likeness (QED) is 0.516. The first-order valence-corrected chi connectivity index (χ1v) is 9.37. The number of hydrogen-bond acceptors (Lipinski definition) is 6. The zero-order chi connectivity index (χ0) is 19.5. The molecule has 0 radical (unpaired) electrons. The smallest absolute Gasteiger partial charge is 0.265 e. The summed E-state index contributed by atoms with van der Waals surface area (Å²) in [7, 11) is 1.58. The van der Waals surface area contributed by atoms with Crippen LogP contribution in [0.4, 0.5) is 5.69 Å².